The number of anilines is 1. The lowest BCUT2D eigenvalue weighted by atomic mass is 10.2. The van der Waals surface area contributed by atoms with Crippen molar-refractivity contribution in [1.82, 2.24) is 0 Å². The third kappa shape index (κ3) is 1.48. The molecule has 0 saturated heterocycles. The molecule has 3 nitrogen and oxygen atoms in total. The molecular formula is C13H9NO2S2. The van der Waals surface area contributed by atoms with Gasteiger partial charge >= 0.3 is 0 Å². The molecule has 0 radical (unpaired) electrons. The molecule has 5 heteroatoms. The first-order valence-corrected chi connectivity index (χ1v) is 7.80. The first kappa shape index (κ1) is 11.4. The lowest BCUT2D eigenvalue weighted by molar-refractivity contribution is 0.101. The summed E-state index contributed by atoms with van der Waals surface area (Å²) in [5.74, 6) is -0.295. The van der Waals surface area contributed by atoms with E-state index < -0.39 is 8.68 Å². The summed E-state index contributed by atoms with van der Waals surface area (Å²) in [7, 11) is -2.93. The maximum Gasteiger partial charge on any atom is 0.271 e. The van der Waals surface area contributed by atoms with Gasteiger partial charge in [-0.15, -0.1) is 0 Å². The Kier molecular flexibility index (Phi) is 2.46. The summed E-state index contributed by atoms with van der Waals surface area (Å²) in [6.07, 6.45) is 0. The molecule has 1 atom stereocenters. The van der Waals surface area contributed by atoms with Crippen LogP contribution in [0.15, 0.2) is 59.5 Å². The zero-order valence-electron chi connectivity index (χ0n) is 9.28. The van der Waals surface area contributed by atoms with E-state index >= 15 is 0 Å². The molecule has 1 aliphatic rings. The summed E-state index contributed by atoms with van der Waals surface area (Å²) < 4.78 is 13.9. The van der Waals surface area contributed by atoms with Gasteiger partial charge < -0.3 is 0 Å². The largest absolute Gasteiger partial charge is 0.271 e. The molecule has 2 aromatic rings. The highest BCUT2D eigenvalue weighted by Gasteiger charge is 2.38. The van der Waals surface area contributed by atoms with Crippen molar-refractivity contribution in [2.75, 3.05) is 4.31 Å². The Morgan fingerprint density at radius 3 is 2.22 bits per heavy atom. The lowest BCUT2D eigenvalue weighted by Crippen LogP contribution is -2.28. The summed E-state index contributed by atoms with van der Waals surface area (Å²) in [5.41, 5.74) is 1.00. The van der Waals surface area contributed by atoms with Gasteiger partial charge in [-0.05, 0) is 24.3 Å². The predicted octanol–water partition coefficient (Wildman–Crippen LogP) is 2.37. The third-order valence-electron chi connectivity index (χ3n) is 2.81. The minimum atomic E-state index is -2.93. The minimum absolute atomic E-state index is 0.295. The van der Waals surface area contributed by atoms with Gasteiger partial charge in [0.2, 0.25) is 0 Å². The van der Waals surface area contributed by atoms with E-state index in [0.717, 1.165) is 0 Å². The van der Waals surface area contributed by atoms with Crippen molar-refractivity contribution in [3.63, 3.8) is 0 Å². The fraction of sp³-hybridized carbons (Fsp3) is 0. The summed E-state index contributed by atoms with van der Waals surface area (Å²) in [4.78, 5) is 12.7. The number of fused-ring (bicyclic) bond motifs is 1. The fourth-order valence-corrected chi connectivity index (χ4v) is 4.50. The van der Waals surface area contributed by atoms with Gasteiger partial charge in [-0.3, -0.25) is 4.79 Å². The van der Waals surface area contributed by atoms with Crippen LogP contribution in [0.25, 0.3) is 0 Å². The molecule has 0 fully saturated rings. The van der Waals surface area contributed by atoms with E-state index in [1.54, 1.807) is 48.5 Å². The van der Waals surface area contributed by atoms with E-state index in [0.29, 0.717) is 16.1 Å². The van der Waals surface area contributed by atoms with Crippen LogP contribution in [0.2, 0.25) is 0 Å². The van der Waals surface area contributed by atoms with Crippen LogP contribution in [-0.4, -0.2) is 10.1 Å². The normalized spacial score (nSPS) is 22.0. The van der Waals surface area contributed by atoms with Gasteiger partial charge in [-0.2, -0.15) is 0 Å². The highest BCUT2D eigenvalue weighted by Crippen LogP contribution is 2.34. The van der Waals surface area contributed by atoms with E-state index in [4.69, 9.17) is 11.2 Å². The Morgan fingerprint density at radius 2 is 1.56 bits per heavy atom. The van der Waals surface area contributed by atoms with Gasteiger partial charge in [0.15, 0.2) is 0 Å². The molecule has 0 bridgehead atoms. The molecule has 90 valence electrons. The average molecular weight is 275 g/mol. The van der Waals surface area contributed by atoms with E-state index in [1.807, 2.05) is 6.07 Å². The third-order valence-corrected chi connectivity index (χ3v) is 5.57. The van der Waals surface area contributed by atoms with Crippen LogP contribution >= 0.6 is 0 Å². The first-order valence-electron chi connectivity index (χ1n) is 5.36. The Balaban J connectivity index is 2.25. The van der Waals surface area contributed by atoms with Gasteiger partial charge in [-0.1, -0.05) is 30.3 Å². The number of rotatable bonds is 1. The van der Waals surface area contributed by atoms with Gasteiger partial charge in [0.05, 0.1) is 16.1 Å². The number of amides is 1. The zero-order valence-corrected chi connectivity index (χ0v) is 10.9. The number of hydrogen-bond donors (Lipinski definition) is 0. The Morgan fingerprint density at radius 1 is 0.944 bits per heavy atom. The van der Waals surface area contributed by atoms with Crippen molar-refractivity contribution in [3.8, 4) is 0 Å². The molecule has 0 aromatic heterocycles. The summed E-state index contributed by atoms with van der Waals surface area (Å²) in [6, 6.07) is 15.7. The molecule has 1 heterocycles. The second-order valence-corrected chi connectivity index (χ2v) is 7.02. The van der Waals surface area contributed by atoms with Crippen molar-refractivity contribution >= 4 is 31.5 Å². The average Bonchev–Trinajstić information content (AvgIpc) is 2.59. The second kappa shape index (κ2) is 3.90. The molecule has 1 unspecified atom stereocenters. The van der Waals surface area contributed by atoms with Crippen LogP contribution in [0, 0.1) is 0 Å². The lowest BCUT2D eigenvalue weighted by Gasteiger charge is -2.17. The minimum Gasteiger partial charge on any atom is -0.268 e. The van der Waals surface area contributed by atoms with E-state index in [-0.39, 0.29) is 5.91 Å². The number of carbonyl (C=O) groups is 1. The highest BCUT2D eigenvalue weighted by atomic mass is 32.8. The summed E-state index contributed by atoms with van der Waals surface area (Å²) >= 11 is 5.18. The smallest absolute Gasteiger partial charge is 0.268 e. The molecular weight excluding hydrogens is 266 g/mol. The van der Waals surface area contributed by atoms with Gasteiger partial charge in [-0.25, -0.2) is 8.51 Å². The number of carbonyl (C=O) groups excluding carboxylic acids is 1. The number of nitrogens with zero attached hydrogens (tertiary/aromatic N) is 1. The molecule has 2 aromatic carbocycles. The van der Waals surface area contributed by atoms with Crippen LogP contribution in [0.3, 0.4) is 0 Å². The van der Waals surface area contributed by atoms with E-state index in [2.05, 4.69) is 0 Å². The Bertz CT molecular complexity index is 724. The maximum absolute atomic E-state index is 12.7. The van der Waals surface area contributed by atoms with Crippen LogP contribution in [0.5, 0.6) is 0 Å². The second-order valence-electron chi connectivity index (χ2n) is 3.91. The number of benzene rings is 2. The van der Waals surface area contributed by atoms with Gasteiger partial charge in [0.1, 0.15) is 8.68 Å². The van der Waals surface area contributed by atoms with Crippen molar-refractivity contribution in [1.29, 1.82) is 0 Å². The molecule has 0 saturated carbocycles. The quantitative estimate of drug-likeness (QED) is 0.802. The standard InChI is InChI=1S/C13H9NO2S2/c15-13-11-8-4-5-9-12(11)18(16,17)14(13)10-6-2-1-3-7-10/h1-9H. The molecule has 0 N–H and O–H groups in total. The van der Waals surface area contributed by atoms with Crippen molar-refractivity contribution in [2.45, 2.75) is 4.90 Å². The molecule has 3 rings (SSSR count). The van der Waals surface area contributed by atoms with Crippen LogP contribution in [-0.2, 0) is 19.9 Å². The molecule has 1 amide bonds. The van der Waals surface area contributed by atoms with Crippen LogP contribution in [0.4, 0.5) is 5.69 Å². The maximum atomic E-state index is 12.7. The number of para-hydroxylation sites is 1. The topological polar surface area (TPSA) is 37.4 Å². The predicted molar refractivity (Wildman–Crippen MR) is 73.5 cm³/mol. The summed E-state index contributed by atoms with van der Waals surface area (Å²) in [6.45, 7) is 0. The monoisotopic (exact) mass is 275 g/mol. The highest BCUT2D eigenvalue weighted by molar-refractivity contribution is 8.34. The molecule has 0 spiro atoms. The molecule has 0 aliphatic carbocycles. The SMILES string of the molecule is O=C1c2ccccc2S(=O)(=S)N1c1ccccc1. The van der Waals surface area contributed by atoms with Crippen LogP contribution in [0.1, 0.15) is 10.4 Å². The van der Waals surface area contributed by atoms with Crippen LogP contribution < -0.4 is 4.31 Å². The summed E-state index contributed by atoms with van der Waals surface area (Å²) in [5, 5.41) is 0. The zero-order chi connectivity index (χ0) is 12.8. The molecule has 18 heavy (non-hydrogen) atoms. The van der Waals surface area contributed by atoms with Crippen molar-refractivity contribution in [3.05, 3.63) is 60.2 Å². The van der Waals surface area contributed by atoms with E-state index in [9.17, 15) is 9.00 Å². The Labute approximate surface area is 110 Å². The van der Waals surface area contributed by atoms with Crippen molar-refractivity contribution in [2.24, 2.45) is 0 Å². The molecule has 1 aliphatic heterocycles. The van der Waals surface area contributed by atoms with Gasteiger partial charge in [0.25, 0.3) is 5.91 Å². The first-order chi connectivity index (χ1) is 8.62. The number of hydrogen-bond acceptors (Lipinski definition) is 3. The fourth-order valence-electron chi connectivity index (χ4n) is 2.00. The van der Waals surface area contributed by atoms with Crippen molar-refractivity contribution < 1.29 is 9.00 Å². The Hall–Kier alpha value is -1.72. The van der Waals surface area contributed by atoms with E-state index in [1.165, 1.54) is 4.31 Å². The van der Waals surface area contributed by atoms with Gasteiger partial charge in [0, 0.05) is 11.2 Å².